The van der Waals surface area contributed by atoms with Gasteiger partial charge in [0.05, 0.1) is 5.92 Å². The molecule has 1 fully saturated rings. The Kier molecular flexibility index (Phi) is 3.25. The maximum atomic E-state index is 12.3. The van der Waals surface area contributed by atoms with Gasteiger partial charge in [-0.05, 0) is 18.1 Å². The van der Waals surface area contributed by atoms with E-state index in [2.05, 4.69) is 9.97 Å². The maximum Gasteiger partial charge on any atom is 0.240 e. The lowest BCUT2D eigenvalue weighted by Gasteiger charge is -2.12. The van der Waals surface area contributed by atoms with Crippen LogP contribution in [0.5, 0.6) is 0 Å². The van der Waals surface area contributed by atoms with E-state index in [1.54, 1.807) is 6.07 Å². The minimum absolute atomic E-state index is 0.165. The zero-order valence-electron chi connectivity index (χ0n) is 10.8. The second kappa shape index (κ2) is 5.21. The first-order chi connectivity index (χ1) is 9.75. The second-order valence-corrected chi connectivity index (χ2v) is 4.71. The molecule has 0 N–H and O–H groups in total. The van der Waals surface area contributed by atoms with Gasteiger partial charge < -0.3 is 0 Å². The average molecular weight is 267 g/mol. The standard InChI is InChI=1S/C15H13N3O2/c19-13-10-12(9-11-5-2-1-3-6-11)14(20)18(13)15-16-7-4-8-17-15/h1-8,12H,9-10H2/t12-/m0/s1. The molecule has 3 rings (SSSR count). The van der Waals surface area contributed by atoms with E-state index >= 15 is 0 Å². The van der Waals surface area contributed by atoms with Crippen molar-refractivity contribution in [2.75, 3.05) is 4.90 Å². The smallest absolute Gasteiger partial charge is 0.240 e. The molecule has 0 aliphatic carbocycles. The summed E-state index contributed by atoms with van der Waals surface area (Å²) in [5.41, 5.74) is 1.05. The molecule has 0 radical (unpaired) electrons. The van der Waals surface area contributed by atoms with Crippen molar-refractivity contribution < 1.29 is 9.59 Å². The number of carbonyl (C=O) groups excluding carboxylic acids is 2. The van der Waals surface area contributed by atoms with Gasteiger partial charge >= 0.3 is 0 Å². The number of carbonyl (C=O) groups is 2. The van der Waals surface area contributed by atoms with Crippen molar-refractivity contribution >= 4 is 17.8 Å². The fourth-order valence-electron chi connectivity index (χ4n) is 2.37. The van der Waals surface area contributed by atoms with Gasteiger partial charge in [0.1, 0.15) is 0 Å². The molecule has 5 nitrogen and oxygen atoms in total. The minimum atomic E-state index is -0.325. The Labute approximate surface area is 116 Å². The molecule has 0 spiro atoms. The highest BCUT2D eigenvalue weighted by molar-refractivity contribution is 6.19. The van der Waals surface area contributed by atoms with Crippen LogP contribution in [-0.2, 0) is 16.0 Å². The van der Waals surface area contributed by atoms with E-state index in [-0.39, 0.29) is 30.1 Å². The van der Waals surface area contributed by atoms with Gasteiger partial charge in [0.2, 0.25) is 17.8 Å². The first kappa shape index (κ1) is 12.5. The van der Waals surface area contributed by atoms with Crippen molar-refractivity contribution in [3.63, 3.8) is 0 Å². The summed E-state index contributed by atoms with van der Waals surface area (Å²) in [6, 6.07) is 11.3. The molecule has 0 saturated carbocycles. The molecule has 1 saturated heterocycles. The number of aromatic nitrogens is 2. The maximum absolute atomic E-state index is 12.3. The van der Waals surface area contributed by atoms with Crippen LogP contribution >= 0.6 is 0 Å². The number of nitrogens with zero attached hydrogens (tertiary/aromatic N) is 3. The fourth-order valence-corrected chi connectivity index (χ4v) is 2.37. The van der Waals surface area contributed by atoms with Crippen LogP contribution in [0.1, 0.15) is 12.0 Å². The van der Waals surface area contributed by atoms with Crippen molar-refractivity contribution in [1.29, 1.82) is 0 Å². The van der Waals surface area contributed by atoms with Gasteiger partial charge in [-0.25, -0.2) is 14.9 Å². The van der Waals surface area contributed by atoms with Crippen molar-refractivity contribution in [2.24, 2.45) is 5.92 Å². The molecule has 0 unspecified atom stereocenters. The van der Waals surface area contributed by atoms with Crippen LogP contribution in [0.2, 0.25) is 0 Å². The van der Waals surface area contributed by atoms with E-state index in [0.29, 0.717) is 6.42 Å². The van der Waals surface area contributed by atoms with Crippen LogP contribution in [-0.4, -0.2) is 21.8 Å². The Morgan fingerprint density at radius 2 is 1.75 bits per heavy atom. The SMILES string of the molecule is O=C1C[C@H](Cc2ccccc2)C(=O)N1c1ncccn1. The van der Waals surface area contributed by atoms with Crippen molar-refractivity contribution in [3.05, 3.63) is 54.4 Å². The van der Waals surface area contributed by atoms with Crippen molar-refractivity contribution in [1.82, 2.24) is 9.97 Å². The van der Waals surface area contributed by atoms with Gasteiger partial charge in [0, 0.05) is 18.8 Å². The summed E-state index contributed by atoms with van der Waals surface area (Å²) in [6.45, 7) is 0. The summed E-state index contributed by atoms with van der Waals surface area (Å²) >= 11 is 0. The van der Waals surface area contributed by atoms with E-state index in [1.165, 1.54) is 12.4 Å². The normalized spacial score (nSPS) is 18.6. The third-order valence-corrected chi connectivity index (χ3v) is 3.32. The van der Waals surface area contributed by atoms with Gasteiger partial charge in [0.25, 0.3) is 0 Å². The van der Waals surface area contributed by atoms with E-state index < -0.39 is 0 Å². The van der Waals surface area contributed by atoms with Gasteiger partial charge in [-0.2, -0.15) is 0 Å². The van der Waals surface area contributed by atoms with Crippen LogP contribution in [0, 0.1) is 5.92 Å². The molecule has 2 amide bonds. The number of rotatable bonds is 3. The van der Waals surface area contributed by atoms with Crippen LogP contribution in [0.3, 0.4) is 0 Å². The summed E-state index contributed by atoms with van der Waals surface area (Å²) in [5.74, 6) is -0.612. The molecule has 1 atom stereocenters. The third-order valence-electron chi connectivity index (χ3n) is 3.32. The molecular formula is C15H13N3O2. The van der Waals surface area contributed by atoms with E-state index in [9.17, 15) is 9.59 Å². The first-order valence-electron chi connectivity index (χ1n) is 6.43. The summed E-state index contributed by atoms with van der Waals surface area (Å²) in [7, 11) is 0. The number of amides is 2. The molecule has 0 bridgehead atoms. The summed E-state index contributed by atoms with van der Waals surface area (Å²) in [4.78, 5) is 33.4. The quantitative estimate of drug-likeness (QED) is 0.792. The largest absolute Gasteiger partial charge is 0.274 e. The first-order valence-corrected chi connectivity index (χ1v) is 6.43. The summed E-state index contributed by atoms with van der Waals surface area (Å²) in [6.07, 6.45) is 3.82. The lowest BCUT2D eigenvalue weighted by atomic mass is 9.98. The molecule has 100 valence electrons. The Balaban J connectivity index is 1.81. The Morgan fingerprint density at radius 3 is 2.45 bits per heavy atom. The predicted molar refractivity (Wildman–Crippen MR) is 72.8 cm³/mol. The Bertz CT molecular complexity index is 628. The van der Waals surface area contributed by atoms with Gasteiger partial charge in [-0.3, -0.25) is 9.59 Å². The van der Waals surface area contributed by atoms with E-state index in [0.717, 1.165) is 10.5 Å². The Hall–Kier alpha value is -2.56. The van der Waals surface area contributed by atoms with E-state index in [4.69, 9.17) is 0 Å². The molecule has 1 aromatic carbocycles. The molecule has 1 aromatic heterocycles. The molecular weight excluding hydrogens is 254 g/mol. The molecule has 1 aliphatic rings. The highest BCUT2D eigenvalue weighted by Gasteiger charge is 2.40. The zero-order chi connectivity index (χ0) is 13.9. The second-order valence-electron chi connectivity index (χ2n) is 4.71. The number of benzene rings is 1. The molecule has 2 aromatic rings. The van der Waals surface area contributed by atoms with Crippen LogP contribution < -0.4 is 4.90 Å². The monoisotopic (exact) mass is 267 g/mol. The number of hydrogen-bond donors (Lipinski definition) is 0. The van der Waals surface area contributed by atoms with Crippen LogP contribution in [0.25, 0.3) is 0 Å². The zero-order valence-corrected chi connectivity index (χ0v) is 10.8. The lowest BCUT2D eigenvalue weighted by Crippen LogP contribution is -2.32. The van der Waals surface area contributed by atoms with Gasteiger partial charge in [-0.15, -0.1) is 0 Å². The average Bonchev–Trinajstić information content (AvgIpc) is 2.75. The topological polar surface area (TPSA) is 63.2 Å². The summed E-state index contributed by atoms with van der Waals surface area (Å²) in [5, 5.41) is 0. The fraction of sp³-hybridized carbons (Fsp3) is 0.200. The van der Waals surface area contributed by atoms with Crippen molar-refractivity contribution in [2.45, 2.75) is 12.8 Å². The minimum Gasteiger partial charge on any atom is -0.274 e. The molecule has 5 heteroatoms. The van der Waals surface area contributed by atoms with Crippen molar-refractivity contribution in [3.8, 4) is 0 Å². The molecule has 20 heavy (non-hydrogen) atoms. The van der Waals surface area contributed by atoms with Gasteiger partial charge in [-0.1, -0.05) is 30.3 Å². The van der Waals surface area contributed by atoms with E-state index in [1.807, 2.05) is 30.3 Å². The predicted octanol–water partition coefficient (Wildman–Crippen LogP) is 1.60. The summed E-state index contributed by atoms with van der Waals surface area (Å²) < 4.78 is 0. The van der Waals surface area contributed by atoms with Gasteiger partial charge in [0.15, 0.2) is 0 Å². The Morgan fingerprint density at radius 1 is 1.05 bits per heavy atom. The molecule has 2 heterocycles. The number of anilines is 1. The number of hydrogen-bond acceptors (Lipinski definition) is 4. The number of imide groups is 1. The molecule has 1 aliphatic heterocycles. The highest BCUT2D eigenvalue weighted by Crippen LogP contribution is 2.26. The van der Waals surface area contributed by atoms with Crippen LogP contribution in [0.4, 0.5) is 5.95 Å². The van der Waals surface area contributed by atoms with Crippen LogP contribution in [0.15, 0.2) is 48.8 Å². The lowest BCUT2D eigenvalue weighted by molar-refractivity contribution is -0.122. The highest BCUT2D eigenvalue weighted by atomic mass is 16.2. The third kappa shape index (κ3) is 2.30.